The van der Waals surface area contributed by atoms with Gasteiger partial charge in [0.25, 0.3) is 0 Å². The summed E-state index contributed by atoms with van der Waals surface area (Å²) < 4.78 is 26.6. The smallest absolute Gasteiger partial charge is 0.308 e. The molecule has 1 aromatic rings. The average molecular weight is 257 g/mol. The molecular formula is C13H17F2NO2. The summed E-state index contributed by atoms with van der Waals surface area (Å²) in [7, 11) is 3.36. The summed E-state index contributed by atoms with van der Waals surface area (Å²) in [4.78, 5) is 12.8. The van der Waals surface area contributed by atoms with Crippen LogP contribution < -0.4 is 0 Å². The second-order valence-corrected chi connectivity index (χ2v) is 4.43. The van der Waals surface area contributed by atoms with Gasteiger partial charge in [-0.25, -0.2) is 8.78 Å². The zero-order chi connectivity index (χ0) is 13.9. The van der Waals surface area contributed by atoms with Crippen molar-refractivity contribution in [2.24, 2.45) is 5.92 Å². The maximum atomic E-state index is 13.8. The van der Waals surface area contributed by atoms with Gasteiger partial charge >= 0.3 is 5.97 Å². The number of hydrogen-bond acceptors (Lipinski definition) is 2. The standard InChI is InChI=1S/C13H17F2NO2/c1-4-9(13(17)18)12(16(2)3)10-6-5-8(14)7-11(10)15/h5-7,9,12H,4H2,1-3H3,(H,17,18). The Kier molecular flexibility index (Phi) is 4.78. The molecule has 1 rings (SSSR count). The number of aliphatic carboxylic acids is 1. The predicted molar refractivity (Wildman–Crippen MR) is 64.2 cm³/mol. The lowest BCUT2D eigenvalue weighted by Crippen LogP contribution is -2.32. The summed E-state index contributed by atoms with van der Waals surface area (Å²) in [6.45, 7) is 1.73. The first-order valence-corrected chi connectivity index (χ1v) is 5.72. The molecule has 0 aliphatic heterocycles. The van der Waals surface area contributed by atoms with E-state index in [1.807, 2.05) is 0 Å². The second-order valence-electron chi connectivity index (χ2n) is 4.43. The number of carboxylic acid groups (broad SMARTS) is 1. The highest BCUT2D eigenvalue weighted by Gasteiger charge is 2.31. The summed E-state index contributed by atoms with van der Waals surface area (Å²) in [6, 6.07) is 2.61. The van der Waals surface area contributed by atoms with Gasteiger partial charge in [-0.05, 0) is 26.6 Å². The highest BCUT2D eigenvalue weighted by atomic mass is 19.1. The van der Waals surface area contributed by atoms with Crippen LogP contribution in [0.3, 0.4) is 0 Å². The van der Waals surface area contributed by atoms with E-state index in [2.05, 4.69) is 0 Å². The Bertz CT molecular complexity index is 435. The maximum Gasteiger partial charge on any atom is 0.308 e. The fourth-order valence-corrected chi connectivity index (χ4v) is 2.13. The lowest BCUT2D eigenvalue weighted by molar-refractivity contribution is -0.144. The van der Waals surface area contributed by atoms with Gasteiger partial charge in [0.1, 0.15) is 11.6 Å². The van der Waals surface area contributed by atoms with Crippen molar-refractivity contribution in [2.75, 3.05) is 14.1 Å². The van der Waals surface area contributed by atoms with Gasteiger partial charge in [-0.3, -0.25) is 4.79 Å². The third-order valence-corrected chi connectivity index (χ3v) is 2.98. The highest BCUT2D eigenvalue weighted by molar-refractivity contribution is 5.71. The Morgan fingerprint density at radius 1 is 1.39 bits per heavy atom. The fraction of sp³-hybridized carbons (Fsp3) is 0.462. The summed E-state index contributed by atoms with van der Waals surface area (Å²) in [5.41, 5.74) is 0.204. The van der Waals surface area contributed by atoms with Gasteiger partial charge < -0.3 is 10.0 Å². The minimum absolute atomic E-state index is 0.204. The molecular weight excluding hydrogens is 240 g/mol. The van der Waals surface area contributed by atoms with Gasteiger partial charge in [-0.2, -0.15) is 0 Å². The first kappa shape index (κ1) is 14.6. The van der Waals surface area contributed by atoms with E-state index in [4.69, 9.17) is 0 Å². The lowest BCUT2D eigenvalue weighted by Gasteiger charge is -2.30. The largest absolute Gasteiger partial charge is 0.481 e. The fourth-order valence-electron chi connectivity index (χ4n) is 2.13. The van der Waals surface area contributed by atoms with Crippen molar-refractivity contribution in [3.05, 3.63) is 35.4 Å². The molecule has 0 aliphatic rings. The molecule has 18 heavy (non-hydrogen) atoms. The van der Waals surface area contributed by atoms with Crippen LogP contribution in [0, 0.1) is 17.6 Å². The molecule has 0 radical (unpaired) electrons. The van der Waals surface area contributed by atoms with E-state index in [9.17, 15) is 18.7 Å². The van der Waals surface area contributed by atoms with Crippen molar-refractivity contribution in [3.63, 3.8) is 0 Å². The van der Waals surface area contributed by atoms with Crippen LogP contribution in [0.15, 0.2) is 18.2 Å². The third-order valence-electron chi connectivity index (χ3n) is 2.98. The van der Waals surface area contributed by atoms with Crippen LogP contribution in [-0.2, 0) is 4.79 Å². The number of carboxylic acids is 1. The quantitative estimate of drug-likeness (QED) is 0.881. The molecule has 0 amide bonds. The molecule has 3 nitrogen and oxygen atoms in total. The number of nitrogens with zero attached hydrogens (tertiary/aromatic N) is 1. The number of hydrogen-bond donors (Lipinski definition) is 1. The molecule has 2 atom stereocenters. The van der Waals surface area contributed by atoms with Gasteiger partial charge in [0, 0.05) is 11.6 Å². The monoisotopic (exact) mass is 257 g/mol. The Labute approximate surface area is 105 Å². The van der Waals surface area contributed by atoms with E-state index in [0.717, 1.165) is 12.1 Å². The first-order chi connectivity index (χ1) is 8.38. The number of carbonyl (C=O) groups is 1. The summed E-state index contributed by atoms with van der Waals surface area (Å²) in [5.74, 6) is -3.11. The van der Waals surface area contributed by atoms with E-state index in [1.165, 1.54) is 6.07 Å². The normalized spacial score (nSPS) is 14.6. The van der Waals surface area contributed by atoms with Crippen molar-refractivity contribution >= 4 is 5.97 Å². The van der Waals surface area contributed by atoms with Crippen molar-refractivity contribution in [1.29, 1.82) is 0 Å². The molecule has 0 aliphatic carbocycles. The van der Waals surface area contributed by atoms with Gasteiger partial charge in [0.05, 0.1) is 12.0 Å². The van der Waals surface area contributed by atoms with E-state index in [-0.39, 0.29) is 5.56 Å². The maximum absolute atomic E-state index is 13.8. The molecule has 0 fully saturated rings. The highest BCUT2D eigenvalue weighted by Crippen LogP contribution is 2.31. The molecule has 5 heteroatoms. The first-order valence-electron chi connectivity index (χ1n) is 5.72. The van der Waals surface area contributed by atoms with Crippen LogP contribution in [0.25, 0.3) is 0 Å². The molecule has 0 aromatic heterocycles. The van der Waals surface area contributed by atoms with Gasteiger partial charge in [-0.1, -0.05) is 13.0 Å². The Balaban J connectivity index is 3.23. The van der Waals surface area contributed by atoms with Crippen LogP contribution in [0.1, 0.15) is 24.9 Å². The van der Waals surface area contributed by atoms with Crippen LogP contribution >= 0.6 is 0 Å². The third kappa shape index (κ3) is 3.04. The summed E-state index contributed by atoms with van der Waals surface area (Å²) in [5, 5.41) is 9.18. The van der Waals surface area contributed by atoms with Gasteiger partial charge in [-0.15, -0.1) is 0 Å². The molecule has 0 heterocycles. The van der Waals surface area contributed by atoms with Crippen molar-refractivity contribution in [3.8, 4) is 0 Å². The number of halogens is 2. The molecule has 2 unspecified atom stereocenters. The van der Waals surface area contributed by atoms with Crippen LogP contribution in [0.4, 0.5) is 8.78 Å². The minimum atomic E-state index is -0.986. The van der Waals surface area contributed by atoms with E-state index >= 15 is 0 Å². The van der Waals surface area contributed by atoms with Gasteiger partial charge in [0.2, 0.25) is 0 Å². The van der Waals surface area contributed by atoms with Crippen LogP contribution in [0.5, 0.6) is 0 Å². The molecule has 0 saturated heterocycles. The molecule has 0 saturated carbocycles. The SMILES string of the molecule is CCC(C(=O)O)C(c1ccc(F)cc1F)N(C)C. The molecule has 0 bridgehead atoms. The molecule has 1 N–H and O–H groups in total. The Morgan fingerprint density at radius 3 is 2.39 bits per heavy atom. The molecule has 1 aromatic carbocycles. The van der Waals surface area contributed by atoms with E-state index in [0.29, 0.717) is 6.42 Å². The number of rotatable bonds is 5. The Hall–Kier alpha value is -1.49. The Morgan fingerprint density at radius 2 is 2.00 bits per heavy atom. The summed E-state index contributed by atoms with van der Waals surface area (Å²) in [6.07, 6.45) is 0.370. The average Bonchev–Trinajstić information content (AvgIpc) is 2.26. The van der Waals surface area contributed by atoms with Crippen LogP contribution in [-0.4, -0.2) is 30.1 Å². The van der Waals surface area contributed by atoms with Crippen molar-refractivity contribution in [2.45, 2.75) is 19.4 Å². The zero-order valence-electron chi connectivity index (χ0n) is 10.7. The van der Waals surface area contributed by atoms with E-state index < -0.39 is 29.6 Å². The molecule has 100 valence electrons. The van der Waals surface area contributed by atoms with Gasteiger partial charge in [0.15, 0.2) is 0 Å². The predicted octanol–water partition coefficient (Wildman–Crippen LogP) is 2.68. The number of benzene rings is 1. The lowest BCUT2D eigenvalue weighted by atomic mass is 9.89. The van der Waals surface area contributed by atoms with Crippen molar-refractivity contribution < 1.29 is 18.7 Å². The minimum Gasteiger partial charge on any atom is -0.481 e. The van der Waals surface area contributed by atoms with E-state index in [1.54, 1.807) is 25.9 Å². The summed E-state index contributed by atoms with van der Waals surface area (Å²) >= 11 is 0. The topological polar surface area (TPSA) is 40.5 Å². The zero-order valence-corrected chi connectivity index (χ0v) is 10.7. The molecule has 0 spiro atoms. The van der Waals surface area contributed by atoms with Crippen LogP contribution in [0.2, 0.25) is 0 Å². The second kappa shape index (κ2) is 5.91. The van der Waals surface area contributed by atoms with Crippen molar-refractivity contribution in [1.82, 2.24) is 4.90 Å².